The smallest absolute Gasteiger partial charge is 0.261 e. The number of carbonyl (C=O) groups is 1. The summed E-state index contributed by atoms with van der Waals surface area (Å²) in [6.07, 6.45) is 0. The Morgan fingerprint density at radius 3 is 2.50 bits per heavy atom. The van der Waals surface area contributed by atoms with E-state index in [1.54, 1.807) is 23.1 Å². The van der Waals surface area contributed by atoms with Gasteiger partial charge in [-0.05, 0) is 49.8 Å². The lowest BCUT2D eigenvalue weighted by atomic mass is 10.2. The molecule has 0 saturated heterocycles. The van der Waals surface area contributed by atoms with Crippen LogP contribution in [0.15, 0.2) is 36.4 Å². The maximum Gasteiger partial charge on any atom is 0.261 e. The van der Waals surface area contributed by atoms with E-state index in [1.807, 2.05) is 25.1 Å². The van der Waals surface area contributed by atoms with E-state index < -0.39 is 0 Å². The van der Waals surface area contributed by atoms with Gasteiger partial charge in [-0.1, -0.05) is 60.5 Å². The van der Waals surface area contributed by atoms with Gasteiger partial charge in [0.1, 0.15) is 0 Å². The number of rotatable bonds is 7. The molecule has 2 aromatic carbocycles. The second kappa shape index (κ2) is 9.23. The molecule has 0 aliphatic carbocycles. The zero-order valence-corrected chi connectivity index (χ0v) is 18.5. The molecule has 0 spiro atoms. The molecule has 4 nitrogen and oxygen atoms in total. The monoisotopic (exact) mass is 435 g/mol. The molecule has 0 aliphatic rings. The van der Waals surface area contributed by atoms with E-state index in [2.05, 4.69) is 18.7 Å². The van der Waals surface area contributed by atoms with Crippen LogP contribution in [0.1, 0.15) is 29.8 Å². The van der Waals surface area contributed by atoms with Crippen LogP contribution < -0.4 is 4.90 Å². The molecule has 1 heterocycles. The lowest BCUT2D eigenvalue weighted by molar-refractivity contribution is 0.0984. The molecular weight excluding hydrogens is 413 g/mol. The lowest BCUT2D eigenvalue weighted by Crippen LogP contribution is -2.39. The molecule has 7 heteroatoms. The average molecular weight is 436 g/mol. The van der Waals surface area contributed by atoms with Crippen molar-refractivity contribution in [2.24, 2.45) is 0 Å². The summed E-state index contributed by atoms with van der Waals surface area (Å²) < 4.78 is 1.07. The van der Waals surface area contributed by atoms with Crippen molar-refractivity contribution in [1.29, 1.82) is 0 Å². The second-order valence-electron chi connectivity index (χ2n) is 6.53. The SMILES string of the molecule is CCN(CC)CCN(C(=O)c1ccc(Cl)cc1Cl)c1nc2c(C)cccc2s1. The number of benzene rings is 2. The number of nitrogens with zero attached hydrogens (tertiary/aromatic N) is 3. The van der Waals surface area contributed by atoms with Crippen molar-refractivity contribution in [3.05, 3.63) is 57.6 Å². The molecule has 0 saturated carbocycles. The van der Waals surface area contributed by atoms with Crippen LogP contribution in [0, 0.1) is 6.92 Å². The van der Waals surface area contributed by atoms with E-state index in [-0.39, 0.29) is 5.91 Å². The van der Waals surface area contributed by atoms with Crippen molar-refractivity contribution in [2.75, 3.05) is 31.1 Å². The Kier molecular flexibility index (Phi) is 6.94. The number of anilines is 1. The Labute approximate surface area is 179 Å². The van der Waals surface area contributed by atoms with E-state index in [0.29, 0.717) is 27.3 Å². The normalized spacial score (nSPS) is 11.4. The molecular formula is C21H23Cl2N3OS. The maximum absolute atomic E-state index is 13.4. The first-order valence-electron chi connectivity index (χ1n) is 9.30. The fourth-order valence-electron chi connectivity index (χ4n) is 3.06. The number of aryl methyl sites for hydroxylation is 1. The van der Waals surface area contributed by atoms with Crippen molar-refractivity contribution in [3.8, 4) is 0 Å². The highest BCUT2D eigenvalue weighted by atomic mass is 35.5. The van der Waals surface area contributed by atoms with Crippen LogP contribution in [0.4, 0.5) is 5.13 Å². The topological polar surface area (TPSA) is 36.4 Å². The minimum Gasteiger partial charge on any atom is -0.302 e. The molecule has 0 bridgehead atoms. The van der Waals surface area contributed by atoms with E-state index in [4.69, 9.17) is 28.2 Å². The van der Waals surface area contributed by atoms with Crippen LogP contribution >= 0.6 is 34.5 Å². The van der Waals surface area contributed by atoms with E-state index in [0.717, 1.165) is 35.4 Å². The number of likely N-dealkylation sites (N-methyl/N-ethyl adjacent to an activating group) is 1. The number of carbonyl (C=O) groups excluding carboxylic acids is 1. The van der Waals surface area contributed by atoms with Gasteiger partial charge < -0.3 is 4.90 Å². The third kappa shape index (κ3) is 4.49. The van der Waals surface area contributed by atoms with Gasteiger partial charge in [0.05, 0.1) is 20.8 Å². The molecule has 0 fully saturated rings. The summed E-state index contributed by atoms with van der Waals surface area (Å²) >= 11 is 13.8. The van der Waals surface area contributed by atoms with E-state index in [1.165, 1.54) is 11.3 Å². The van der Waals surface area contributed by atoms with Crippen molar-refractivity contribution >= 4 is 55.8 Å². The summed E-state index contributed by atoms with van der Waals surface area (Å²) in [7, 11) is 0. The third-order valence-electron chi connectivity index (χ3n) is 4.78. The van der Waals surface area contributed by atoms with Gasteiger partial charge in [-0.2, -0.15) is 0 Å². The molecule has 28 heavy (non-hydrogen) atoms. The van der Waals surface area contributed by atoms with Gasteiger partial charge >= 0.3 is 0 Å². The molecule has 1 aromatic heterocycles. The standard InChI is InChI=1S/C21H23Cl2N3OS/c1-4-25(5-2)11-12-26(20(27)16-10-9-15(22)13-17(16)23)21-24-19-14(3)7-6-8-18(19)28-21/h6-10,13H,4-5,11-12H2,1-3H3. The summed E-state index contributed by atoms with van der Waals surface area (Å²) in [5, 5.41) is 1.54. The molecule has 3 rings (SSSR count). The zero-order chi connectivity index (χ0) is 20.3. The van der Waals surface area contributed by atoms with Gasteiger partial charge in [0.15, 0.2) is 5.13 Å². The van der Waals surface area contributed by atoms with Crippen LogP contribution in [0.3, 0.4) is 0 Å². The highest BCUT2D eigenvalue weighted by molar-refractivity contribution is 7.22. The number of hydrogen-bond donors (Lipinski definition) is 0. The molecule has 148 valence electrons. The van der Waals surface area contributed by atoms with Gasteiger partial charge in [0.25, 0.3) is 5.91 Å². The number of aromatic nitrogens is 1. The Balaban J connectivity index is 2.00. The van der Waals surface area contributed by atoms with Gasteiger partial charge in [-0.15, -0.1) is 0 Å². The van der Waals surface area contributed by atoms with Crippen LogP contribution in [-0.2, 0) is 0 Å². The van der Waals surface area contributed by atoms with Crippen molar-refractivity contribution < 1.29 is 4.79 Å². The molecule has 3 aromatic rings. The minimum atomic E-state index is -0.162. The second-order valence-corrected chi connectivity index (χ2v) is 8.38. The van der Waals surface area contributed by atoms with Gasteiger partial charge in [0.2, 0.25) is 0 Å². The molecule has 0 unspecified atom stereocenters. The maximum atomic E-state index is 13.4. The van der Waals surface area contributed by atoms with Gasteiger partial charge in [-0.3, -0.25) is 9.69 Å². The Morgan fingerprint density at radius 1 is 1.11 bits per heavy atom. The first-order chi connectivity index (χ1) is 13.4. The summed E-state index contributed by atoms with van der Waals surface area (Å²) in [6, 6.07) is 11.0. The predicted octanol–water partition coefficient (Wildman–Crippen LogP) is 5.90. The minimum absolute atomic E-state index is 0.162. The lowest BCUT2D eigenvalue weighted by Gasteiger charge is -2.25. The zero-order valence-electron chi connectivity index (χ0n) is 16.2. The fraction of sp³-hybridized carbons (Fsp3) is 0.333. The molecule has 0 radical (unpaired) electrons. The molecule has 0 N–H and O–H groups in total. The summed E-state index contributed by atoms with van der Waals surface area (Å²) in [4.78, 5) is 22.2. The number of amides is 1. The number of thiazole rings is 1. The highest BCUT2D eigenvalue weighted by Crippen LogP contribution is 2.32. The van der Waals surface area contributed by atoms with Crippen molar-refractivity contribution in [3.63, 3.8) is 0 Å². The van der Waals surface area contributed by atoms with E-state index >= 15 is 0 Å². The number of fused-ring (bicyclic) bond motifs is 1. The van der Waals surface area contributed by atoms with Crippen LogP contribution in [0.5, 0.6) is 0 Å². The fourth-order valence-corrected chi connectivity index (χ4v) is 4.62. The van der Waals surface area contributed by atoms with Crippen LogP contribution in [0.2, 0.25) is 10.0 Å². The quantitative estimate of drug-likeness (QED) is 0.463. The van der Waals surface area contributed by atoms with Crippen molar-refractivity contribution in [2.45, 2.75) is 20.8 Å². The molecule has 0 atom stereocenters. The summed E-state index contributed by atoms with van der Waals surface area (Å²) in [5.74, 6) is -0.162. The van der Waals surface area contributed by atoms with Crippen LogP contribution in [0.25, 0.3) is 10.2 Å². The Morgan fingerprint density at radius 2 is 1.86 bits per heavy atom. The van der Waals surface area contributed by atoms with Gasteiger partial charge in [-0.25, -0.2) is 4.98 Å². The first kappa shape index (κ1) is 21.1. The summed E-state index contributed by atoms with van der Waals surface area (Å²) in [6.45, 7) is 9.43. The third-order valence-corrected chi connectivity index (χ3v) is 6.37. The predicted molar refractivity (Wildman–Crippen MR) is 120 cm³/mol. The highest BCUT2D eigenvalue weighted by Gasteiger charge is 2.24. The Hall–Kier alpha value is -1.66. The Bertz CT molecular complexity index is 985. The number of para-hydroxylation sites is 1. The first-order valence-corrected chi connectivity index (χ1v) is 10.9. The molecule has 1 amide bonds. The largest absolute Gasteiger partial charge is 0.302 e. The average Bonchev–Trinajstić information content (AvgIpc) is 3.10. The number of halogens is 2. The summed E-state index contributed by atoms with van der Waals surface area (Å²) in [5.41, 5.74) is 2.47. The van der Waals surface area contributed by atoms with E-state index in [9.17, 15) is 4.79 Å². The van der Waals surface area contributed by atoms with Crippen molar-refractivity contribution in [1.82, 2.24) is 9.88 Å². The van der Waals surface area contributed by atoms with Crippen LogP contribution in [-0.4, -0.2) is 42.0 Å². The molecule has 0 aliphatic heterocycles. The number of hydrogen-bond acceptors (Lipinski definition) is 4. The van der Waals surface area contributed by atoms with Gasteiger partial charge in [0, 0.05) is 18.1 Å².